The molecule has 0 radical (unpaired) electrons. The van der Waals surface area contributed by atoms with Gasteiger partial charge in [-0.25, -0.2) is 9.59 Å². The average molecular weight is 294 g/mol. The summed E-state index contributed by atoms with van der Waals surface area (Å²) in [5.74, 6) is -0.360. The minimum Gasteiger partial charge on any atom is -0.441 e. The first-order valence-electron chi connectivity index (χ1n) is 5.69. The minimum absolute atomic E-state index is 0.168. The Morgan fingerprint density at radius 3 is 2.74 bits per heavy atom. The molecule has 1 heterocycles. The Morgan fingerprint density at radius 2 is 2.21 bits per heavy atom. The molecule has 1 rings (SSSR count). The Balaban J connectivity index is 2.34. The Labute approximate surface area is 114 Å². The van der Waals surface area contributed by atoms with E-state index in [1.807, 2.05) is 0 Å². The number of aliphatic hydroxyl groups excluding tert-OH is 1. The number of amides is 1. The molecule has 1 aromatic rings. The number of hydrogen-bond donors (Lipinski definition) is 1. The summed E-state index contributed by atoms with van der Waals surface area (Å²) in [6, 6.07) is 0. The topological polar surface area (TPSA) is 93.1 Å². The minimum atomic E-state index is -0.910. The first-order chi connectivity index (χ1) is 8.90. The summed E-state index contributed by atoms with van der Waals surface area (Å²) in [5, 5.41) is 8.87. The smallest absolute Gasteiger partial charge is 0.441 e. The maximum absolute atomic E-state index is 11.6. The van der Waals surface area contributed by atoms with Crippen molar-refractivity contribution in [3.63, 3.8) is 0 Å². The molecule has 1 atom stereocenters. The first-order valence-corrected chi connectivity index (χ1v) is 6.13. The molecule has 108 valence electrons. The van der Waals surface area contributed by atoms with Gasteiger partial charge in [0, 0.05) is 13.6 Å². The number of hydrogen-bond acceptors (Lipinski definition) is 6. The summed E-state index contributed by atoms with van der Waals surface area (Å²) < 4.78 is 14.3. The molecule has 0 spiro atoms. The Bertz CT molecular complexity index is 466. The maximum Gasteiger partial charge on any atom is 0.519 e. The molecule has 1 amide bonds. The molecule has 1 N–H and O–H groups in total. The number of alkyl halides is 1. The van der Waals surface area contributed by atoms with Crippen LogP contribution in [-0.2, 0) is 11.3 Å². The van der Waals surface area contributed by atoms with Crippen LogP contribution < -0.4 is 5.82 Å². The van der Waals surface area contributed by atoms with Gasteiger partial charge in [-0.1, -0.05) is 11.6 Å². The highest BCUT2D eigenvalue weighted by Gasteiger charge is 2.14. The normalized spacial score (nSPS) is 12.2. The fraction of sp³-hybridized carbons (Fsp3) is 0.636. The van der Waals surface area contributed by atoms with Crippen LogP contribution in [0.5, 0.6) is 0 Å². The quantitative estimate of drug-likeness (QED) is 0.798. The van der Waals surface area contributed by atoms with E-state index in [1.54, 1.807) is 14.0 Å². The second-order valence-electron chi connectivity index (χ2n) is 3.99. The molecule has 0 fully saturated rings. The van der Waals surface area contributed by atoms with E-state index in [2.05, 4.69) is 8.83 Å². The SMILES string of the molecule is Cc1oc(=O)oc1COC(=O)N(C)CCCC(O)Cl. The zero-order valence-corrected chi connectivity index (χ0v) is 11.5. The van der Waals surface area contributed by atoms with Gasteiger partial charge in [-0.3, -0.25) is 0 Å². The van der Waals surface area contributed by atoms with E-state index < -0.39 is 17.5 Å². The van der Waals surface area contributed by atoms with Crippen LogP contribution in [0.2, 0.25) is 0 Å². The number of halogens is 1. The predicted molar refractivity (Wildman–Crippen MR) is 65.9 cm³/mol. The summed E-state index contributed by atoms with van der Waals surface area (Å²) >= 11 is 5.37. The van der Waals surface area contributed by atoms with Crippen molar-refractivity contribution in [2.45, 2.75) is 31.9 Å². The molecule has 0 aliphatic heterocycles. The molecule has 1 unspecified atom stereocenters. The summed E-state index contributed by atoms with van der Waals surface area (Å²) in [7, 11) is 1.56. The molecule has 0 bridgehead atoms. The summed E-state index contributed by atoms with van der Waals surface area (Å²) in [4.78, 5) is 23.7. The second kappa shape index (κ2) is 7.20. The van der Waals surface area contributed by atoms with Crippen molar-refractivity contribution in [3.8, 4) is 0 Å². The predicted octanol–water partition coefficient (Wildman–Crippen LogP) is 1.45. The molecular formula is C11H16ClNO6. The second-order valence-corrected chi connectivity index (χ2v) is 4.49. The van der Waals surface area contributed by atoms with Gasteiger partial charge in [-0.15, -0.1) is 0 Å². The summed E-state index contributed by atoms with van der Waals surface area (Å²) in [6.07, 6.45) is 0.373. The Hall–Kier alpha value is -1.47. The average Bonchev–Trinajstić information content (AvgIpc) is 2.64. The van der Waals surface area contributed by atoms with E-state index in [9.17, 15) is 9.59 Å². The number of carbonyl (C=O) groups excluding carboxylic acids is 1. The lowest BCUT2D eigenvalue weighted by molar-refractivity contribution is 0.0958. The lowest BCUT2D eigenvalue weighted by Gasteiger charge is -2.16. The van der Waals surface area contributed by atoms with E-state index in [1.165, 1.54) is 4.90 Å². The molecular weight excluding hydrogens is 278 g/mol. The molecule has 19 heavy (non-hydrogen) atoms. The molecule has 7 nitrogen and oxygen atoms in total. The van der Waals surface area contributed by atoms with Crippen LogP contribution in [-0.4, -0.2) is 35.3 Å². The Kier molecular flexibility index (Phi) is 5.91. The van der Waals surface area contributed by atoms with Gasteiger partial charge in [-0.2, -0.15) is 0 Å². The number of aliphatic hydroxyl groups is 1. The van der Waals surface area contributed by atoms with E-state index in [0.29, 0.717) is 19.4 Å². The third kappa shape index (κ3) is 5.35. The number of carbonyl (C=O) groups is 1. The van der Waals surface area contributed by atoms with E-state index >= 15 is 0 Å². The van der Waals surface area contributed by atoms with Crippen LogP contribution in [0.3, 0.4) is 0 Å². The van der Waals surface area contributed by atoms with Crippen LogP contribution >= 0.6 is 11.6 Å². The third-order valence-electron chi connectivity index (χ3n) is 2.41. The molecule has 1 aromatic heterocycles. The van der Waals surface area contributed by atoms with Crippen molar-refractivity contribution < 1.29 is 23.5 Å². The number of ether oxygens (including phenoxy) is 1. The van der Waals surface area contributed by atoms with Crippen LogP contribution in [0.1, 0.15) is 24.4 Å². The van der Waals surface area contributed by atoms with Crippen molar-refractivity contribution in [2.75, 3.05) is 13.6 Å². The van der Waals surface area contributed by atoms with Gasteiger partial charge in [0.15, 0.2) is 18.1 Å². The van der Waals surface area contributed by atoms with Crippen LogP contribution in [0.25, 0.3) is 0 Å². The molecule has 0 aliphatic rings. The van der Waals surface area contributed by atoms with Crippen molar-refractivity contribution >= 4 is 17.7 Å². The van der Waals surface area contributed by atoms with E-state index in [4.69, 9.17) is 21.4 Å². The monoisotopic (exact) mass is 293 g/mol. The summed E-state index contributed by atoms with van der Waals surface area (Å²) in [5.41, 5.74) is -0.910. The van der Waals surface area contributed by atoms with Gasteiger partial charge in [0.05, 0.1) is 0 Å². The van der Waals surface area contributed by atoms with E-state index in [0.717, 1.165) is 0 Å². The Morgan fingerprint density at radius 1 is 1.53 bits per heavy atom. The van der Waals surface area contributed by atoms with Gasteiger partial charge in [0.2, 0.25) is 0 Å². The van der Waals surface area contributed by atoms with Crippen molar-refractivity contribution in [1.29, 1.82) is 0 Å². The molecule has 8 heteroatoms. The maximum atomic E-state index is 11.6. The van der Waals surface area contributed by atoms with Gasteiger partial charge >= 0.3 is 11.9 Å². The van der Waals surface area contributed by atoms with Crippen molar-refractivity contribution in [2.24, 2.45) is 0 Å². The molecule has 0 saturated carbocycles. The highest BCUT2D eigenvalue weighted by Crippen LogP contribution is 2.08. The fourth-order valence-electron chi connectivity index (χ4n) is 1.33. The van der Waals surface area contributed by atoms with E-state index in [-0.39, 0.29) is 18.1 Å². The highest BCUT2D eigenvalue weighted by atomic mass is 35.5. The molecule has 0 saturated heterocycles. The number of aryl methyl sites for hydroxylation is 1. The fourth-order valence-corrected chi connectivity index (χ4v) is 1.49. The third-order valence-corrected chi connectivity index (χ3v) is 2.63. The van der Waals surface area contributed by atoms with Crippen LogP contribution in [0, 0.1) is 6.92 Å². The highest BCUT2D eigenvalue weighted by molar-refractivity contribution is 6.19. The van der Waals surface area contributed by atoms with Gasteiger partial charge in [0.25, 0.3) is 0 Å². The largest absolute Gasteiger partial charge is 0.519 e. The lowest BCUT2D eigenvalue weighted by atomic mass is 10.3. The van der Waals surface area contributed by atoms with Crippen LogP contribution in [0.15, 0.2) is 13.6 Å². The summed E-state index contributed by atoms with van der Waals surface area (Å²) in [6.45, 7) is 1.77. The zero-order valence-electron chi connectivity index (χ0n) is 10.7. The van der Waals surface area contributed by atoms with Gasteiger partial charge in [0.1, 0.15) is 5.56 Å². The van der Waals surface area contributed by atoms with Crippen molar-refractivity contribution in [3.05, 3.63) is 22.1 Å². The van der Waals surface area contributed by atoms with Gasteiger partial charge < -0.3 is 23.6 Å². The lowest BCUT2D eigenvalue weighted by Crippen LogP contribution is -2.28. The zero-order chi connectivity index (χ0) is 14.4. The molecule has 0 aromatic carbocycles. The first kappa shape index (κ1) is 15.6. The molecule has 0 aliphatic carbocycles. The van der Waals surface area contributed by atoms with Crippen molar-refractivity contribution in [1.82, 2.24) is 4.90 Å². The number of nitrogens with zero attached hydrogens (tertiary/aromatic N) is 1. The number of rotatable bonds is 6. The standard InChI is InChI=1S/C11H16ClNO6/c1-7-8(19-11(16)18-7)6-17-10(15)13(2)5-3-4-9(12)14/h9,14H,3-6H2,1-2H3. The van der Waals surface area contributed by atoms with Crippen LogP contribution in [0.4, 0.5) is 4.79 Å². The van der Waals surface area contributed by atoms with Gasteiger partial charge in [-0.05, 0) is 19.8 Å².